The Balaban J connectivity index is 3.77. The predicted molar refractivity (Wildman–Crippen MR) is 88.5 cm³/mol. The van der Waals surface area contributed by atoms with Crippen molar-refractivity contribution in [2.24, 2.45) is 11.3 Å². The molecular weight excluding hydrogens is 280 g/mol. The van der Waals surface area contributed by atoms with E-state index >= 15 is 0 Å². The molecule has 22 heavy (non-hydrogen) atoms. The van der Waals surface area contributed by atoms with Gasteiger partial charge in [0.2, 0.25) is 0 Å². The minimum atomic E-state index is -0.209. The standard InChI is InChI=1S/C18H34O4/c1-7-18(5,6)12-10-16(19)21-13-11-15(4)22-17(20)9-8-14(2)3/h14-15H,7-13H2,1-6H3. The Morgan fingerprint density at radius 2 is 1.64 bits per heavy atom. The zero-order chi connectivity index (χ0) is 17.2. The van der Waals surface area contributed by atoms with Crippen LogP contribution in [0.4, 0.5) is 0 Å². The van der Waals surface area contributed by atoms with Crippen LogP contribution in [-0.4, -0.2) is 24.6 Å². The van der Waals surface area contributed by atoms with E-state index in [0.29, 0.717) is 31.8 Å². The fraction of sp³-hybridized carbons (Fsp3) is 0.889. The lowest BCUT2D eigenvalue weighted by Crippen LogP contribution is -2.19. The summed E-state index contributed by atoms with van der Waals surface area (Å²) in [6.45, 7) is 12.7. The van der Waals surface area contributed by atoms with Crippen LogP contribution in [0.2, 0.25) is 0 Å². The van der Waals surface area contributed by atoms with Gasteiger partial charge in [0.1, 0.15) is 6.10 Å². The number of ether oxygens (including phenoxy) is 2. The number of hydrogen-bond donors (Lipinski definition) is 0. The Bertz CT molecular complexity index is 334. The van der Waals surface area contributed by atoms with Crippen molar-refractivity contribution in [1.29, 1.82) is 0 Å². The molecule has 0 aliphatic heterocycles. The molecule has 0 aliphatic carbocycles. The van der Waals surface area contributed by atoms with E-state index in [-0.39, 0.29) is 23.5 Å². The monoisotopic (exact) mass is 314 g/mol. The van der Waals surface area contributed by atoms with E-state index in [0.717, 1.165) is 19.3 Å². The lowest BCUT2D eigenvalue weighted by Gasteiger charge is -2.21. The highest BCUT2D eigenvalue weighted by molar-refractivity contribution is 5.70. The van der Waals surface area contributed by atoms with E-state index in [1.54, 1.807) is 0 Å². The lowest BCUT2D eigenvalue weighted by atomic mass is 9.85. The number of carbonyl (C=O) groups excluding carboxylic acids is 2. The number of carbonyl (C=O) groups is 2. The van der Waals surface area contributed by atoms with Gasteiger partial charge in [0.05, 0.1) is 6.61 Å². The van der Waals surface area contributed by atoms with Crippen molar-refractivity contribution in [3.05, 3.63) is 0 Å². The van der Waals surface area contributed by atoms with Crippen molar-refractivity contribution in [3.8, 4) is 0 Å². The second-order valence-electron chi connectivity index (χ2n) is 7.26. The first kappa shape index (κ1) is 20.9. The van der Waals surface area contributed by atoms with Gasteiger partial charge in [-0.1, -0.05) is 41.0 Å². The van der Waals surface area contributed by atoms with Crippen LogP contribution in [0.25, 0.3) is 0 Å². The van der Waals surface area contributed by atoms with Crippen LogP contribution in [-0.2, 0) is 19.1 Å². The first-order chi connectivity index (χ1) is 10.2. The van der Waals surface area contributed by atoms with Gasteiger partial charge in [0.25, 0.3) is 0 Å². The van der Waals surface area contributed by atoms with Gasteiger partial charge in [0, 0.05) is 19.3 Å². The van der Waals surface area contributed by atoms with Gasteiger partial charge in [-0.2, -0.15) is 0 Å². The van der Waals surface area contributed by atoms with Gasteiger partial charge < -0.3 is 9.47 Å². The molecule has 4 nitrogen and oxygen atoms in total. The van der Waals surface area contributed by atoms with E-state index in [1.807, 2.05) is 6.92 Å². The van der Waals surface area contributed by atoms with Crippen molar-refractivity contribution >= 4 is 11.9 Å². The summed E-state index contributed by atoms with van der Waals surface area (Å²) in [5.41, 5.74) is 0.179. The highest BCUT2D eigenvalue weighted by atomic mass is 16.6. The third-order valence-corrected chi connectivity index (χ3v) is 4.01. The molecule has 0 saturated carbocycles. The van der Waals surface area contributed by atoms with Crippen LogP contribution >= 0.6 is 0 Å². The fourth-order valence-electron chi connectivity index (χ4n) is 1.78. The molecule has 0 aliphatic rings. The van der Waals surface area contributed by atoms with Crippen LogP contribution in [0, 0.1) is 11.3 Å². The Kier molecular flexibility index (Phi) is 10.1. The molecule has 0 aromatic heterocycles. The van der Waals surface area contributed by atoms with E-state index in [1.165, 1.54) is 0 Å². The Morgan fingerprint density at radius 1 is 1.00 bits per heavy atom. The second kappa shape index (κ2) is 10.6. The van der Waals surface area contributed by atoms with Crippen LogP contribution in [0.5, 0.6) is 0 Å². The predicted octanol–water partition coefficient (Wildman–Crippen LogP) is 4.50. The SMILES string of the molecule is CCC(C)(C)CCC(=O)OCCC(C)OC(=O)CCC(C)C. The molecule has 0 heterocycles. The quantitative estimate of drug-likeness (QED) is 0.527. The van der Waals surface area contributed by atoms with Crippen LogP contribution < -0.4 is 0 Å². The molecule has 1 atom stereocenters. The molecule has 0 N–H and O–H groups in total. The molecule has 0 bridgehead atoms. The van der Waals surface area contributed by atoms with E-state index in [4.69, 9.17) is 9.47 Å². The minimum absolute atomic E-state index is 0.167. The molecule has 1 unspecified atom stereocenters. The average molecular weight is 314 g/mol. The number of esters is 2. The molecule has 0 fully saturated rings. The van der Waals surface area contributed by atoms with Gasteiger partial charge in [-0.3, -0.25) is 9.59 Å². The molecule has 0 rings (SSSR count). The molecule has 4 heteroatoms. The van der Waals surface area contributed by atoms with Crippen LogP contribution in [0.3, 0.4) is 0 Å². The normalized spacial score (nSPS) is 13.0. The summed E-state index contributed by atoms with van der Waals surface area (Å²) < 4.78 is 10.5. The summed E-state index contributed by atoms with van der Waals surface area (Å²) in [6.07, 6.45) is 3.96. The molecule has 0 aromatic rings. The molecular formula is C18H34O4. The number of rotatable bonds is 11. The fourth-order valence-corrected chi connectivity index (χ4v) is 1.78. The Hall–Kier alpha value is -1.06. The van der Waals surface area contributed by atoms with Crippen LogP contribution in [0.15, 0.2) is 0 Å². The van der Waals surface area contributed by atoms with Crippen LogP contribution in [0.1, 0.15) is 80.1 Å². The van der Waals surface area contributed by atoms with Crippen molar-refractivity contribution in [1.82, 2.24) is 0 Å². The van der Waals surface area contributed by atoms with Crippen molar-refractivity contribution in [2.75, 3.05) is 6.61 Å². The largest absolute Gasteiger partial charge is 0.466 e. The zero-order valence-corrected chi connectivity index (χ0v) is 15.2. The van der Waals surface area contributed by atoms with Gasteiger partial charge in [-0.15, -0.1) is 0 Å². The maximum Gasteiger partial charge on any atom is 0.306 e. The van der Waals surface area contributed by atoms with Gasteiger partial charge in [-0.05, 0) is 31.1 Å². The number of hydrogen-bond acceptors (Lipinski definition) is 4. The smallest absolute Gasteiger partial charge is 0.306 e. The van der Waals surface area contributed by atoms with E-state index in [9.17, 15) is 9.59 Å². The first-order valence-corrected chi connectivity index (χ1v) is 8.51. The highest BCUT2D eigenvalue weighted by Gasteiger charge is 2.17. The highest BCUT2D eigenvalue weighted by Crippen LogP contribution is 2.26. The van der Waals surface area contributed by atoms with Crippen molar-refractivity contribution in [3.63, 3.8) is 0 Å². The summed E-state index contributed by atoms with van der Waals surface area (Å²) in [7, 11) is 0. The van der Waals surface area contributed by atoms with E-state index < -0.39 is 0 Å². The molecule has 130 valence electrons. The maximum atomic E-state index is 11.7. The summed E-state index contributed by atoms with van der Waals surface area (Å²) in [6, 6.07) is 0. The zero-order valence-electron chi connectivity index (χ0n) is 15.2. The van der Waals surface area contributed by atoms with Gasteiger partial charge in [0.15, 0.2) is 0 Å². The topological polar surface area (TPSA) is 52.6 Å². The van der Waals surface area contributed by atoms with Gasteiger partial charge >= 0.3 is 11.9 Å². The van der Waals surface area contributed by atoms with Crippen molar-refractivity contribution in [2.45, 2.75) is 86.2 Å². The van der Waals surface area contributed by atoms with Gasteiger partial charge in [-0.25, -0.2) is 0 Å². The lowest BCUT2D eigenvalue weighted by molar-refractivity contribution is -0.150. The summed E-state index contributed by atoms with van der Waals surface area (Å²) in [5, 5.41) is 0. The molecule has 0 saturated heterocycles. The molecule has 0 aromatic carbocycles. The minimum Gasteiger partial charge on any atom is -0.466 e. The Labute approximate surface area is 135 Å². The maximum absolute atomic E-state index is 11.7. The second-order valence-corrected chi connectivity index (χ2v) is 7.26. The summed E-state index contributed by atoms with van der Waals surface area (Å²) in [5.74, 6) is 0.160. The Morgan fingerprint density at radius 3 is 2.18 bits per heavy atom. The molecule has 0 radical (unpaired) electrons. The molecule has 0 spiro atoms. The van der Waals surface area contributed by atoms with Crippen molar-refractivity contribution < 1.29 is 19.1 Å². The third kappa shape index (κ3) is 11.6. The van der Waals surface area contributed by atoms with E-state index in [2.05, 4.69) is 34.6 Å². The summed E-state index contributed by atoms with van der Waals surface area (Å²) >= 11 is 0. The molecule has 0 amide bonds. The summed E-state index contributed by atoms with van der Waals surface area (Å²) in [4.78, 5) is 23.2. The third-order valence-electron chi connectivity index (χ3n) is 4.01. The average Bonchev–Trinajstić information content (AvgIpc) is 2.43. The first-order valence-electron chi connectivity index (χ1n) is 8.51.